The lowest BCUT2D eigenvalue weighted by Gasteiger charge is -2.31. The second kappa shape index (κ2) is 6.54. The molecular formula is C18H25N3. The van der Waals surface area contributed by atoms with Gasteiger partial charge < -0.3 is 10.2 Å². The van der Waals surface area contributed by atoms with Gasteiger partial charge >= 0.3 is 0 Å². The molecule has 1 aromatic heterocycles. The minimum absolute atomic E-state index is 0.666. The van der Waals surface area contributed by atoms with E-state index in [0.29, 0.717) is 6.04 Å². The van der Waals surface area contributed by atoms with Gasteiger partial charge in [0.25, 0.3) is 0 Å². The maximum absolute atomic E-state index is 4.56. The van der Waals surface area contributed by atoms with Crippen LogP contribution in [0.15, 0.2) is 30.3 Å². The zero-order chi connectivity index (χ0) is 14.7. The highest BCUT2D eigenvalue weighted by atomic mass is 15.1. The van der Waals surface area contributed by atoms with Crippen molar-refractivity contribution in [3.63, 3.8) is 0 Å². The van der Waals surface area contributed by atoms with Crippen LogP contribution in [0.25, 0.3) is 10.9 Å². The van der Waals surface area contributed by atoms with Crippen molar-refractivity contribution in [2.75, 3.05) is 19.6 Å². The molecule has 1 aliphatic rings. The number of piperidine rings is 1. The number of rotatable bonds is 4. The minimum atomic E-state index is 0.666. The normalized spacial score (nSPS) is 17.4. The lowest BCUT2D eigenvalue weighted by molar-refractivity contribution is 0.206. The molecule has 1 aromatic carbocycles. The van der Waals surface area contributed by atoms with E-state index in [1.165, 1.54) is 43.4 Å². The number of pyridine rings is 1. The highest BCUT2D eigenvalue weighted by Gasteiger charge is 2.17. The average Bonchev–Trinajstić information content (AvgIpc) is 2.53. The first-order valence-corrected chi connectivity index (χ1v) is 8.06. The third kappa shape index (κ3) is 3.60. The summed E-state index contributed by atoms with van der Waals surface area (Å²) in [5.74, 6) is 0. The third-order valence-electron chi connectivity index (χ3n) is 4.52. The topological polar surface area (TPSA) is 28.2 Å². The van der Waals surface area contributed by atoms with Crippen LogP contribution >= 0.6 is 0 Å². The van der Waals surface area contributed by atoms with Gasteiger partial charge in [-0.1, -0.05) is 19.1 Å². The van der Waals surface area contributed by atoms with E-state index < -0.39 is 0 Å². The molecule has 0 spiro atoms. The van der Waals surface area contributed by atoms with Crippen molar-refractivity contribution in [3.8, 4) is 0 Å². The largest absolute Gasteiger partial charge is 0.310 e. The van der Waals surface area contributed by atoms with E-state index in [4.69, 9.17) is 0 Å². The van der Waals surface area contributed by atoms with Crippen molar-refractivity contribution in [3.05, 3.63) is 41.6 Å². The lowest BCUT2D eigenvalue weighted by Crippen LogP contribution is -2.42. The molecule has 0 atom stereocenters. The smallest absolute Gasteiger partial charge is 0.0705 e. The second-order valence-electron chi connectivity index (χ2n) is 6.07. The Hall–Kier alpha value is -1.45. The van der Waals surface area contributed by atoms with Crippen LogP contribution in [0, 0.1) is 6.92 Å². The molecule has 112 valence electrons. The molecule has 0 amide bonds. The van der Waals surface area contributed by atoms with Crippen LogP contribution < -0.4 is 5.32 Å². The van der Waals surface area contributed by atoms with Crippen LogP contribution in [0.4, 0.5) is 0 Å². The summed E-state index contributed by atoms with van der Waals surface area (Å²) in [6, 6.07) is 11.5. The second-order valence-corrected chi connectivity index (χ2v) is 6.07. The number of fused-ring (bicyclic) bond motifs is 1. The molecule has 2 aromatic rings. The summed E-state index contributed by atoms with van der Waals surface area (Å²) in [6.45, 7) is 8.89. The summed E-state index contributed by atoms with van der Waals surface area (Å²) < 4.78 is 0. The van der Waals surface area contributed by atoms with Gasteiger partial charge in [-0.25, -0.2) is 0 Å². The Morgan fingerprint density at radius 2 is 2.00 bits per heavy atom. The molecule has 1 fully saturated rings. The molecule has 2 heterocycles. The number of hydrogen-bond acceptors (Lipinski definition) is 3. The van der Waals surface area contributed by atoms with Gasteiger partial charge in [0.2, 0.25) is 0 Å². The minimum Gasteiger partial charge on any atom is -0.310 e. The van der Waals surface area contributed by atoms with E-state index in [9.17, 15) is 0 Å². The monoisotopic (exact) mass is 283 g/mol. The molecule has 1 N–H and O–H groups in total. The Kier molecular flexibility index (Phi) is 4.51. The van der Waals surface area contributed by atoms with E-state index in [-0.39, 0.29) is 0 Å². The van der Waals surface area contributed by atoms with Crippen molar-refractivity contribution < 1.29 is 0 Å². The molecular weight excluding hydrogens is 258 g/mol. The molecule has 3 heteroatoms. The van der Waals surface area contributed by atoms with Crippen molar-refractivity contribution in [1.29, 1.82) is 0 Å². The van der Waals surface area contributed by atoms with Crippen LogP contribution in [0.3, 0.4) is 0 Å². The summed E-state index contributed by atoms with van der Waals surface area (Å²) in [7, 11) is 0. The maximum Gasteiger partial charge on any atom is 0.0705 e. The van der Waals surface area contributed by atoms with Crippen LogP contribution in [0.1, 0.15) is 31.0 Å². The van der Waals surface area contributed by atoms with Gasteiger partial charge in [0.1, 0.15) is 0 Å². The van der Waals surface area contributed by atoms with Gasteiger partial charge in [0, 0.05) is 23.7 Å². The van der Waals surface area contributed by atoms with E-state index in [1.807, 2.05) is 6.92 Å². The predicted molar refractivity (Wildman–Crippen MR) is 88.5 cm³/mol. The Morgan fingerprint density at radius 3 is 2.76 bits per heavy atom. The first-order valence-electron chi connectivity index (χ1n) is 8.06. The molecule has 0 aliphatic carbocycles. The first-order chi connectivity index (χ1) is 10.2. The standard InChI is InChI=1S/C18H25N3/c1-3-21-10-8-17(9-11-21)19-13-15-5-7-18-16(12-15)6-4-14(2)20-18/h4-7,12,17,19H,3,8-11,13H2,1-2H3. The fourth-order valence-corrected chi connectivity index (χ4v) is 3.10. The SMILES string of the molecule is CCN1CCC(NCc2ccc3nc(C)ccc3c2)CC1. The predicted octanol–water partition coefficient (Wildman–Crippen LogP) is 3.12. The van der Waals surface area contributed by atoms with E-state index in [2.05, 4.69) is 52.5 Å². The number of benzene rings is 1. The van der Waals surface area contributed by atoms with Gasteiger partial charge in [-0.3, -0.25) is 4.98 Å². The van der Waals surface area contributed by atoms with Crippen molar-refractivity contribution >= 4 is 10.9 Å². The summed E-state index contributed by atoms with van der Waals surface area (Å²) in [5, 5.41) is 4.95. The van der Waals surface area contributed by atoms with Crippen LogP contribution in [0.5, 0.6) is 0 Å². The van der Waals surface area contributed by atoms with Crippen LogP contribution in [-0.4, -0.2) is 35.6 Å². The van der Waals surface area contributed by atoms with Crippen molar-refractivity contribution in [2.45, 2.75) is 39.3 Å². The summed E-state index contributed by atoms with van der Waals surface area (Å²) in [4.78, 5) is 7.09. The van der Waals surface area contributed by atoms with Crippen LogP contribution in [-0.2, 0) is 6.54 Å². The van der Waals surface area contributed by atoms with Gasteiger partial charge in [0.05, 0.1) is 5.52 Å². The molecule has 0 bridgehead atoms. The first kappa shape index (κ1) is 14.5. The average molecular weight is 283 g/mol. The van der Waals surface area contributed by atoms with E-state index in [0.717, 1.165) is 17.8 Å². The zero-order valence-electron chi connectivity index (χ0n) is 13.1. The number of nitrogens with one attached hydrogen (secondary N) is 1. The Bertz CT molecular complexity index is 600. The Labute approximate surface area is 127 Å². The summed E-state index contributed by atoms with van der Waals surface area (Å²) >= 11 is 0. The quantitative estimate of drug-likeness (QED) is 0.934. The number of hydrogen-bond donors (Lipinski definition) is 1. The third-order valence-corrected chi connectivity index (χ3v) is 4.52. The van der Waals surface area contributed by atoms with Crippen LogP contribution in [0.2, 0.25) is 0 Å². The molecule has 3 nitrogen and oxygen atoms in total. The maximum atomic E-state index is 4.56. The lowest BCUT2D eigenvalue weighted by atomic mass is 10.0. The molecule has 0 unspecified atom stereocenters. The molecule has 1 aliphatic heterocycles. The molecule has 0 radical (unpaired) electrons. The Morgan fingerprint density at radius 1 is 1.19 bits per heavy atom. The van der Waals surface area contributed by atoms with E-state index >= 15 is 0 Å². The van der Waals surface area contributed by atoms with Crippen molar-refractivity contribution in [2.24, 2.45) is 0 Å². The van der Waals surface area contributed by atoms with Gasteiger partial charge in [-0.05, 0) is 63.2 Å². The fourth-order valence-electron chi connectivity index (χ4n) is 3.10. The van der Waals surface area contributed by atoms with Gasteiger partial charge in [-0.2, -0.15) is 0 Å². The molecule has 0 saturated carbocycles. The number of likely N-dealkylation sites (tertiary alicyclic amines) is 1. The molecule has 1 saturated heterocycles. The summed E-state index contributed by atoms with van der Waals surface area (Å²) in [6.07, 6.45) is 2.53. The highest BCUT2D eigenvalue weighted by Crippen LogP contribution is 2.16. The van der Waals surface area contributed by atoms with Gasteiger partial charge in [0.15, 0.2) is 0 Å². The molecule has 3 rings (SSSR count). The fraction of sp³-hybridized carbons (Fsp3) is 0.500. The highest BCUT2D eigenvalue weighted by molar-refractivity contribution is 5.79. The Balaban J connectivity index is 1.59. The van der Waals surface area contributed by atoms with E-state index in [1.54, 1.807) is 0 Å². The number of aromatic nitrogens is 1. The number of nitrogens with zero attached hydrogens (tertiary/aromatic N) is 2. The van der Waals surface area contributed by atoms with Crippen molar-refractivity contribution in [1.82, 2.24) is 15.2 Å². The zero-order valence-corrected chi connectivity index (χ0v) is 13.1. The number of aryl methyl sites for hydroxylation is 1. The molecule has 21 heavy (non-hydrogen) atoms. The summed E-state index contributed by atoms with van der Waals surface area (Å²) in [5.41, 5.74) is 3.53. The van der Waals surface area contributed by atoms with Gasteiger partial charge in [-0.15, -0.1) is 0 Å².